The molecular weight excluding hydrogens is 238 g/mol. The molecule has 0 spiro atoms. The lowest BCUT2D eigenvalue weighted by Gasteiger charge is -2.14. The molecule has 3 nitrogen and oxygen atoms in total. The van der Waals surface area contributed by atoms with Crippen LogP contribution in [0.15, 0.2) is 24.3 Å². The van der Waals surface area contributed by atoms with Gasteiger partial charge in [-0.15, -0.1) is 0 Å². The molecule has 0 atom stereocenters. The number of carbonyl (C=O) groups is 1. The zero-order valence-corrected chi connectivity index (χ0v) is 11.9. The van der Waals surface area contributed by atoms with Gasteiger partial charge in [0.15, 0.2) is 5.78 Å². The minimum absolute atomic E-state index is 0.141. The van der Waals surface area contributed by atoms with Crippen LogP contribution in [0.1, 0.15) is 50.4 Å². The van der Waals surface area contributed by atoms with Crippen LogP contribution in [0.2, 0.25) is 0 Å². The average molecular weight is 259 g/mol. The number of nitrogens with zero attached hydrogens (tertiary/aromatic N) is 1. The summed E-state index contributed by atoms with van der Waals surface area (Å²) in [4.78, 5) is 11.5. The van der Waals surface area contributed by atoms with E-state index in [1.807, 2.05) is 32.9 Å². The maximum Gasteiger partial charge on any atom is 0.162 e. The fourth-order valence-corrected chi connectivity index (χ4v) is 1.70. The topological polar surface area (TPSA) is 50.1 Å². The van der Waals surface area contributed by atoms with Crippen molar-refractivity contribution in [2.24, 2.45) is 5.41 Å². The summed E-state index contributed by atoms with van der Waals surface area (Å²) in [6.45, 7) is 6.30. The molecule has 0 unspecified atom stereocenters. The van der Waals surface area contributed by atoms with Crippen molar-refractivity contribution in [3.63, 3.8) is 0 Å². The number of benzene rings is 1. The van der Waals surface area contributed by atoms with E-state index in [-0.39, 0.29) is 11.2 Å². The number of hydrogen-bond donors (Lipinski definition) is 0. The van der Waals surface area contributed by atoms with E-state index in [2.05, 4.69) is 6.07 Å². The molecule has 0 aromatic heterocycles. The van der Waals surface area contributed by atoms with Gasteiger partial charge in [-0.25, -0.2) is 0 Å². The van der Waals surface area contributed by atoms with Gasteiger partial charge >= 0.3 is 0 Å². The van der Waals surface area contributed by atoms with Gasteiger partial charge in [0.2, 0.25) is 0 Å². The standard InChI is InChI=1S/C16H21NO2/c1-4-15(18)13-6-8-14(9-7-13)19-11-5-10-16(2,3)12-17/h6-9H,4-5,10-11H2,1-3H3. The molecule has 0 radical (unpaired) electrons. The summed E-state index contributed by atoms with van der Waals surface area (Å²) in [5, 5.41) is 8.89. The first-order chi connectivity index (χ1) is 8.98. The van der Waals surface area contributed by atoms with E-state index in [4.69, 9.17) is 10.00 Å². The third-order valence-corrected chi connectivity index (χ3v) is 3.01. The minimum Gasteiger partial charge on any atom is -0.494 e. The van der Waals surface area contributed by atoms with Gasteiger partial charge in [-0.05, 0) is 51.0 Å². The molecule has 0 aliphatic carbocycles. The fourth-order valence-electron chi connectivity index (χ4n) is 1.70. The van der Waals surface area contributed by atoms with E-state index in [1.54, 1.807) is 12.1 Å². The van der Waals surface area contributed by atoms with Gasteiger partial charge in [-0.2, -0.15) is 5.26 Å². The van der Waals surface area contributed by atoms with E-state index in [0.29, 0.717) is 13.0 Å². The van der Waals surface area contributed by atoms with Crippen molar-refractivity contribution in [1.29, 1.82) is 5.26 Å². The Morgan fingerprint density at radius 2 is 1.95 bits per heavy atom. The molecule has 0 fully saturated rings. The smallest absolute Gasteiger partial charge is 0.162 e. The van der Waals surface area contributed by atoms with Crippen molar-refractivity contribution in [1.82, 2.24) is 0 Å². The summed E-state index contributed by atoms with van der Waals surface area (Å²) in [7, 11) is 0. The SMILES string of the molecule is CCC(=O)c1ccc(OCCCC(C)(C)C#N)cc1. The van der Waals surface area contributed by atoms with Gasteiger partial charge in [0.05, 0.1) is 18.1 Å². The van der Waals surface area contributed by atoms with Crippen molar-refractivity contribution in [3.8, 4) is 11.8 Å². The molecule has 0 aliphatic heterocycles. The Morgan fingerprint density at radius 1 is 1.32 bits per heavy atom. The molecule has 19 heavy (non-hydrogen) atoms. The van der Waals surface area contributed by atoms with Crippen molar-refractivity contribution >= 4 is 5.78 Å². The molecule has 0 bridgehead atoms. The third-order valence-electron chi connectivity index (χ3n) is 3.01. The minimum atomic E-state index is -0.291. The number of Topliss-reactive ketones (excluding diaryl/α,β-unsaturated/α-hetero) is 1. The number of hydrogen-bond acceptors (Lipinski definition) is 3. The highest BCUT2D eigenvalue weighted by atomic mass is 16.5. The zero-order chi connectivity index (χ0) is 14.3. The second-order valence-corrected chi connectivity index (χ2v) is 5.25. The van der Waals surface area contributed by atoms with Gasteiger partial charge in [-0.3, -0.25) is 4.79 Å². The van der Waals surface area contributed by atoms with Crippen LogP contribution in [0.5, 0.6) is 5.75 Å². The molecule has 1 aromatic rings. The van der Waals surface area contributed by atoms with Crippen molar-refractivity contribution in [2.75, 3.05) is 6.61 Å². The Kier molecular flexibility index (Phi) is 5.57. The Morgan fingerprint density at radius 3 is 2.47 bits per heavy atom. The summed E-state index contributed by atoms with van der Waals surface area (Å²) in [5.74, 6) is 0.907. The van der Waals surface area contributed by atoms with Gasteiger partial charge in [0.25, 0.3) is 0 Å². The maximum atomic E-state index is 11.5. The second kappa shape index (κ2) is 6.94. The molecule has 0 N–H and O–H groups in total. The van der Waals surface area contributed by atoms with Crippen LogP contribution in [-0.4, -0.2) is 12.4 Å². The molecule has 1 rings (SSSR count). The molecule has 3 heteroatoms. The normalized spacial score (nSPS) is 10.8. The summed E-state index contributed by atoms with van der Waals surface area (Å²) in [5.41, 5.74) is 0.432. The highest BCUT2D eigenvalue weighted by Gasteiger charge is 2.15. The lowest BCUT2D eigenvalue weighted by molar-refractivity contribution is 0.0988. The highest BCUT2D eigenvalue weighted by Crippen LogP contribution is 2.21. The van der Waals surface area contributed by atoms with Crippen LogP contribution >= 0.6 is 0 Å². The van der Waals surface area contributed by atoms with Crippen LogP contribution in [0.25, 0.3) is 0 Å². The molecular formula is C16H21NO2. The van der Waals surface area contributed by atoms with Gasteiger partial charge in [-0.1, -0.05) is 6.92 Å². The maximum absolute atomic E-state index is 11.5. The predicted octanol–water partition coefficient (Wildman–Crippen LogP) is 3.99. The summed E-state index contributed by atoms with van der Waals surface area (Å²) >= 11 is 0. The molecule has 0 aliphatic rings. The highest BCUT2D eigenvalue weighted by molar-refractivity contribution is 5.95. The lowest BCUT2D eigenvalue weighted by Crippen LogP contribution is -2.10. The quantitative estimate of drug-likeness (QED) is 0.549. The van der Waals surface area contributed by atoms with Crippen molar-refractivity contribution < 1.29 is 9.53 Å². The first-order valence-corrected chi connectivity index (χ1v) is 6.66. The van der Waals surface area contributed by atoms with E-state index >= 15 is 0 Å². The molecule has 0 heterocycles. The molecule has 0 saturated heterocycles. The van der Waals surface area contributed by atoms with Gasteiger partial charge in [0.1, 0.15) is 5.75 Å². The monoisotopic (exact) mass is 259 g/mol. The number of carbonyl (C=O) groups excluding carboxylic acids is 1. The second-order valence-electron chi connectivity index (χ2n) is 5.25. The van der Waals surface area contributed by atoms with E-state index in [1.165, 1.54) is 0 Å². The van der Waals surface area contributed by atoms with E-state index < -0.39 is 0 Å². The van der Waals surface area contributed by atoms with Crippen LogP contribution in [0.3, 0.4) is 0 Å². The largest absolute Gasteiger partial charge is 0.494 e. The Hall–Kier alpha value is -1.82. The van der Waals surface area contributed by atoms with Gasteiger partial charge in [0, 0.05) is 12.0 Å². The molecule has 102 valence electrons. The van der Waals surface area contributed by atoms with E-state index in [9.17, 15) is 4.79 Å². The first kappa shape index (κ1) is 15.2. The first-order valence-electron chi connectivity index (χ1n) is 6.66. The van der Waals surface area contributed by atoms with Crippen LogP contribution in [-0.2, 0) is 0 Å². The Labute approximate surface area is 115 Å². The van der Waals surface area contributed by atoms with Crippen LogP contribution in [0, 0.1) is 16.7 Å². The molecule has 0 amide bonds. The van der Waals surface area contributed by atoms with Gasteiger partial charge < -0.3 is 4.74 Å². The third kappa shape index (κ3) is 5.13. The number of ether oxygens (including phenoxy) is 1. The van der Waals surface area contributed by atoms with Crippen molar-refractivity contribution in [3.05, 3.63) is 29.8 Å². The lowest BCUT2D eigenvalue weighted by atomic mass is 9.90. The summed E-state index contributed by atoms with van der Waals surface area (Å²) in [6, 6.07) is 9.49. The predicted molar refractivity (Wildman–Crippen MR) is 75.2 cm³/mol. The number of nitriles is 1. The molecule has 0 saturated carbocycles. The number of rotatable bonds is 7. The van der Waals surface area contributed by atoms with E-state index in [0.717, 1.165) is 24.2 Å². The zero-order valence-electron chi connectivity index (χ0n) is 11.9. The summed E-state index contributed by atoms with van der Waals surface area (Å²) in [6.07, 6.45) is 2.18. The summed E-state index contributed by atoms with van der Waals surface area (Å²) < 4.78 is 5.59. The van der Waals surface area contributed by atoms with Crippen LogP contribution in [0.4, 0.5) is 0 Å². The van der Waals surface area contributed by atoms with Crippen molar-refractivity contribution in [2.45, 2.75) is 40.0 Å². The number of ketones is 1. The Bertz CT molecular complexity index is 455. The fraction of sp³-hybridized carbons (Fsp3) is 0.500. The Balaban J connectivity index is 2.39. The molecule has 1 aromatic carbocycles. The average Bonchev–Trinajstić information content (AvgIpc) is 2.43. The van der Waals surface area contributed by atoms with Crippen LogP contribution < -0.4 is 4.74 Å².